The summed E-state index contributed by atoms with van der Waals surface area (Å²) in [5.41, 5.74) is 7.31. The van der Waals surface area contributed by atoms with Crippen LogP contribution in [0.15, 0.2) is 34.9 Å². The largest absolute Gasteiger partial charge is 0.455 e. The van der Waals surface area contributed by atoms with E-state index in [-0.39, 0.29) is 6.61 Å². The molecule has 18 heavy (non-hydrogen) atoms. The van der Waals surface area contributed by atoms with Crippen LogP contribution >= 0.6 is 15.9 Å². The van der Waals surface area contributed by atoms with Crippen LogP contribution in [0.1, 0.15) is 16.1 Å². The minimum atomic E-state index is -0.431. The number of nitrogen functional groups attached to an aromatic ring is 1. The molecule has 0 atom stereocenters. The van der Waals surface area contributed by atoms with Crippen LogP contribution in [0.4, 0.5) is 5.69 Å². The minimum absolute atomic E-state index is 0.140. The predicted molar refractivity (Wildman–Crippen MR) is 70.9 cm³/mol. The first-order valence-corrected chi connectivity index (χ1v) is 6.07. The van der Waals surface area contributed by atoms with Gasteiger partial charge in [-0.3, -0.25) is 4.68 Å². The SMILES string of the molecule is Cn1ccc(COC(=O)c2cccc(N)c2Br)n1. The minimum Gasteiger partial charge on any atom is -0.455 e. The van der Waals surface area contributed by atoms with Crippen LogP contribution in [0.3, 0.4) is 0 Å². The highest BCUT2D eigenvalue weighted by atomic mass is 79.9. The standard InChI is InChI=1S/C12H12BrN3O2/c1-16-6-5-8(15-16)7-18-12(17)9-3-2-4-10(14)11(9)13/h2-6H,7,14H2,1H3. The Kier molecular flexibility index (Phi) is 3.66. The fourth-order valence-electron chi connectivity index (χ4n) is 1.46. The molecule has 0 aliphatic rings. The molecule has 2 rings (SSSR count). The maximum absolute atomic E-state index is 11.9. The lowest BCUT2D eigenvalue weighted by Gasteiger charge is -2.06. The van der Waals surface area contributed by atoms with E-state index in [1.54, 1.807) is 42.2 Å². The third-order valence-electron chi connectivity index (χ3n) is 2.37. The van der Waals surface area contributed by atoms with Gasteiger partial charge >= 0.3 is 5.97 Å². The third kappa shape index (κ3) is 2.70. The smallest absolute Gasteiger partial charge is 0.339 e. The van der Waals surface area contributed by atoms with E-state index < -0.39 is 5.97 Å². The number of nitrogens with two attached hydrogens (primary N) is 1. The number of esters is 1. The van der Waals surface area contributed by atoms with Gasteiger partial charge in [-0.15, -0.1) is 0 Å². The van der Waals surface area contributed by atoms with Gasteiger partial charge < -0.3 is 10.5 Å². The van der Waals surface area contributed by atoms with Crippen LogP contribution in [0.5, 0.6) is 0 Å². The van der Waals surface area contributed by atoms with Crippen molar-refractivity contribution in [1.29, 1.82) is 0 Å². The number of hydrogen-bond donors (Lipinski definition) is 1. The lowest BCUT2D eigenvalue weighted by molar-refractivity contribution is 0.0466. The lowest BCUT2D eigenvalue weighted by atomic mass is 10.2. The maximum Gasteiger partial charge on any atom is 0.339 e. The van der Waals surface area contributed by atoms with Crippen LogP contribution in [0, 0.1) is 0 Å². The van der Waals surface area contributed by atoms with Crippen LogP contribution in [0.25, 0.3) is 0 Å². The summed E-state index contributed by atoms with van der Waals surface area (Å²) in [6.07, 6.45) is 1.79. The second-order valence-electron chi connectivity index (χ2n) is 3.77. The van der Waals surface area contributed by atoms with Crippen molar-refractivity contribution in [1.82, 2.24) is 9.78 Å². The molecule has 0 unspecified atom stereocenters. The Morgan fingerprint density at radius 2 is 2.28 bits per heavy atom. The zero-order valence-electron chi connectivity index (χ0n) is 9.76. The highest BCUT2D eigenvalue weighted by molar-refractivity contribution is 9.10. The molecule has 2 aromatic rings. The van der Waals surface area contributed by atoms with Gasteiger partial charge in [0.25, 0.3) is 0 Å². The molecule has 0 aliphatic carbocycles. The highest BCUT2D eigenvalue weighted by Crippen LogP contribution is 2.24. The van der Waals surface area contributed by atoms with E-state index in [1.165, 1.54) is 0 Å². The van der Waals surface area contributed by atoms with Crippen LogP contribution in [0.2, 0.25) is 0 Å². The van der Waals surface area contributed by atoms with Crippen LogP contribution in [-0.2, 0) is 18.4 Å². The summed E-state index contributed by atoms with van der Waals surface area (Å²) >= 11 is 3.27. The number of aromatic nitrogens is 2. The first-order chi connectivity index (χ1) is 8.58. The first-order valence-electron chi connectivity index (χ1n) is 5.27. The Morgan fingerprint density at radius 3 is 2.94 bits per heavy atom. The van der Waals surface area contributed by atoms with Crippen molar-refractivity contribution in [2.75, 3.05) is 5.73 Å². The summed E-state index contributed by atoms with van der Waals surface area (Å²) in [5.74, 6) is -0.431. The molecule has 0 saturated heterocycles. The summed E-state index contributed by atoms with van der Waals surface area (Å²) in [6.45, 7) is 0.140. The molecule has 0 spiro atoms. The van der Waals surface area contributed by atoms with Gasteiger partial charge in [-0.25, -0.2) is 4.79 Å². The summed E-state index contributed by atoms with van der Waals surface area (Å²) < 4.78 is 7.37. The number of anilines is 1. The Bertz CT molecular complexity index is 580. The van der Waals surface area contributed by atoms with Gasteiger partial charge in [0.15, 0.2) is 0 Å². The van der Waals surface area contributed by atoms with Crippen LogP contribution in [-0.4, -0.2) is 15.7 Å². The van der Waals surface area contributed by atoms with Crippen LogP contribution < -0.4 is 5.73 Å². The fraction of sp³-hybridized carbons (Fsp3) is 0.167. The number of nitrogens with zero attached hydrogens (tertiary/aromatic N) is 2. The average Bonchev–Trinajstić information content (AvgIpc) is 2.76. The van der Waals surface area contributed by atoms with Crippen molar-refractivity contribution < 1.29 is 9.53 Å². The number of hydrogen-bond acceptors (Lipinski definition) is 4. The highest BCUT2D eigenvalue weighted by Gasteiger charge is 2.13. The molecule has 5 nitrogen and oxygen atoms in total. The number of rotatable bonds is 3. The van der Waals surface area contributed by atoms with Crippen molar-refractivity contribution in [3.63, 3.8) is 0 Å². The summed E-state index contributed by atoms with van der Waals surface area (Å²) in [7, 11) is 1.81. The molecule has 0 bridgehead atoms. The molecule has 0 fully saturated rings. The molecular formula is C12H12BrN3O2. The molecule has 0 saturated carbocycles. The summed E-state index contributed by atoms with van der Waals surface area (Å²) in [5, 5.41) is 4.12. The molecule has 1 aromatic heterocycles. The summed E-state index contributed by atoms with van der Waals surface area (Å²) in [4.78, 5) is 11.9. The lowest BCUT2D eigenvalue weighted by Crippen LogP contribution is -2.07. The Hall–Kier alpha value is -1.82. The van der Waals surface area contributed by atoms with Gasteiger partial charge in [-0.2, -0.15) is 5.10 Å². The van der Waals surface area contributed by atoms with Crippen molar-refractivity contribution in [3.8, 4) is 0 Å². The van der Waals surface area contributed by atoms with Gasteiger partial charge in [-0.1, -0.05) is 6.07 Å². The molecule has 1 heterocycles. The summed E-state index contributed by atoms with van der Waals surface area (Å²) in [6, 6.07) is 6.86. The molecule has 0 radical (unpaired) electrons. The Balaban J connectivity index is 2.06. The average molecular weight is 310 g/mol. The molecule has 6 heteroatoms. The third-order valence-corrected chi connectivity index (χ3v) is 3.25. The van der Waals surface area contributed by atoms with Crippen molar-refractivity contribution >= 4 is 27.6 Å². The van der Waals surface area contributed by atoms with E-state index in [9.17, 15) is 4.79 Å². The number of carbonyl (C=O) groups is 1. The maximum atomic E-state index is 11.9. The fourth-order valence-corrected chi connectivity index (χ4v) is 1.89. The Labute approximate surface area is 113 Å². The van der Waals surface area contributed by atoms with E-state index in [0.717, 1.165) is 0 Å². The van der Waals surface area contributed by atoms with E-state index in [1.807, 2.05) is 0 Å². The number of carbonyl (C=O) groups excluding carboxylic acids is 1. The Morgan fingerprint density at radius 1 is 1.50 bits per heavy atom. The predicted octanol–water partition coefficient (Wildman–Crippen LogP) is 2.12. The van der Waals surface area contributed by atoms with Gasteiger partial charge in [0.2, 0.25) is 0 Å². The second kappa shape index (κ2) is 5.22. The number of ether oxygens (including phenoxy) is 1. The van der Waals surface area contributed by atoms with Crippen molar-refractivity contribution in [3.05, 3.63) is 46.2 Å². The van der Waals surface area contributed by atoms with Gasteiger partial charge in [0.05, 0.1) is 15.7 Å². The van der Waals surface area contributed by atoms with Crippen molar-refractivity contribution in [2.45, 2.75) is 6.61 Å². The molecule has 0 aliphatic heterocycles. The number of benzene rings is 1. The number of halogens is 1. The molecule has 1 aromatic carbocycles. The van der Waals surface area contributed by atoms with Crippen molar-refractivity contribution in [2.24, 2.45) is 7.05 Å². The normalized spacial score (nSPS) is 10.3. The molecule has 0 amide bonds. The quantitative estimate of drug-likeness (QED) is 0.696. The van der Waals surface area contributed by atoms with Gasteiger partial charge in [0.1, 0.15) is 6.61 Å². The number of aryl methyl sites for hydroxylation is 1. The van der Waals surface area contributed by atoms with Gasteiger partial charge in [-0.05, 0) is 34.1 Å². The first kappa shape index (κ1) is 12.6. The topological polar surface area (TPSA) is 70.1 Å². The van der Waals surface area contributed by atoms with E-state index in [2.05, 4.69) is 21.0 Å². The molecular weight excluding hydrogens is 298 g/mol. The van der Waals surface area contributed by atoms with Gasteiger partial charge in [0, 0.05) is 18.9 Å². The van der Waals surface area contributed by atoms with E-state index in [0.29, 0.717) is 21.4 Å². The monoisotopic (exact) mass is 309 g/mol. The van der Waals surface area contributed by atoms with E-state index >= 15 is 0 Å². The van der Waals surface area contributed by atoms with E-state index in [4.69, 9.17) is 10.5 Å². The molecule has 2 N–H and O–H groups in total. The molecule has 94 valence electrons. The zero-order chi connectivity index (χ0) is 13.1. The second-order valence-corrected chi connectivity index (χ2v) is 4.56. The zero-order valence-corrected chi connectivity index (χ0v) is 11.3.